The van der Waals surface area contributed by atoms with Gasteiger partial charge in [-0.3, -0.25) is 0 Å². The van der Waals surface area contributed by atoms with Gasteiger partial charge in [0, 0.05) is 32.5 Å². The van der Waals surface area contributed by atoms with Crippen LogP contribution in [0.3, 0.4) is 0 Å². The van der Waals surface area contributed by atoms with Crippen molar-refractivity contribution in [3.8, 4) is 0 Å². The minimum atomic E-state index is -1.43. The van der Waals surface area contributed by atoms with E-state index in [1.54, 1.807) is 0 Å². The first-order chi connectivity index (χ1) is 33.3. The van der Waals surface area contributed by atoms with Crippen LogP contribution >= 0.6 is 42.7 Å². The topological polar surface area (TPSA) is 6.48 Å². The molecule has 3 aliphatic rings. The molecule has 0 unspecified atom stereocenters. The third-order valence-electron chi connectivity index (χ3n) is 14.8. The Morgan fingerprint density at radius 2 is 0.529 bits per heavy atom. The SMILES string of the molecule is CS1(C)c2ccccc2C2(c3ccccc31)c1cc(N(c3ccccc3)c3ccccc3)sc1C1(c3ccccc3S(C)(C)c3ccccc31)c1cc(N(c3ccccc3)c3ccccc3)sc12. The zero-order valence-electron chi connectivity index (χ0n) is 38.5. The standard InChI is InChI=1S/C62H50N2S4/c1-67(2)53-37-21-17-33-47(53)61(48-34-18-22-38-54(48)67)51-41-57(63(43-25-9-5-10-26-43)44-27-11-6-12-28-44)66-60(51)62(49-35-19-23-39-55(49)68(3,4)56-40-24-20-36-50(56)62)52-42-58(65-59(52)61)64(45-29-13-7-14-30-45)46-31-15-8-16-32-46/h5-42H,1-4H3. The van der Waals surface area contributed by atoms with E-state index < -0.39 is 30.9 Å². The maximum absolute atomic E-state index is 2.62. The molecule has 0 fully saturated rings. The van der Waals surface area contributed by atoms with E-state index >= 15 is 0 Å². The van der Waals surface area contributed by atoms with Gasteiger partial charge in [-0.25, -0.2) is 0 Å². The van der Waals surface area contributed by atoms with Crippen LogP contribution in [0.4, 0.5) is 32.8 Å². The fraction of sp³-hybridized carbons (Fsp3) is 0.0968. The van der Waals surface area contributed by atoms with Crippen LogP contribution < -0.4 is 9.80 Å². The minimum absolute atomic E-state index is 0.648. The van der Waals surface area contributed by atoms with Gasteiger partial charge in [0.25, 0.3) is 0 Å². The summed E-state index contributed by atoms with van der Waals surface area (Å²) in [6, 6.07) is 87.2. The first-order valence-corrected chi connectivity index (χ1v) is 29.7. The lowest BCUT2D eigenvalue weighted by molar-refractivity contribution is 0.607. The molecular weight excluding hydrogens is 901 g/mol. The Hall–Kier alpha value is -6.54. The molecule has 13 rings (SSSR count). The lowest BCUT2D eigenvalue weighted by Gasteiger charge is -2.56. The molecule has 2 aliphatic heterocycles. The second-order valence-electron chi connectivity index (χ2n) is 18.8. The summed E-state index contributed by atoms with van der Waals surface area (Å²) in [5.74, 6) is 0. The first-order valence-electron chi connectivity index (χ1n) is 23.2. The van der Waals surface area contributed by atoms with E-state index in [-0.39, 0.29) is 0 Å². The van der Waals surface area contributed by atoms with Crippen LogP contribution in [0.2, 0.25) is 0 Å². The number of rotatable bonds is 6. The maximum atomic E-state index is 2.62. The van der Waals surface area contributed by atoms with Crippen molar-refractivity contribution in [2.75, 3.05) is 34.8 Å². The third-order valence-corrected chi connectivity index (χ3v) is 23.1. The quantitative estimate of drug-likeness (QED) is 0.164. The Kier molecular flexibility index (Phi) is 9.49. The van der Waals surface area contributed by atoms with Crippen molar-refractivity contribution in [2.24, 2.45) is 0 Å². The van der Waals surface area contributed by atoms with E-state index in [0.29, 0.717) is 0 Å². The van der Waals surface area contributed by atoms with Crippen LogP contribution in [0.25, 0.3) is 0 Å². The zero-order valence-corrected chi connectivity index (χ0v) is 41.7. The number of hydrogen-bond donors (Lipinski definition) is 0. The second kappa shape index (κ2) is 15.5. The van der Waals surface area contributed by atoms with Crippen molar-refractivity contribution < 1.29 is 0 Å². The van der Waals surface area contributed by atoms with Gasteiger partial charge < -0.3 is 9.80 Å². The summed E-state index contributed by atoms with van der Waals surface area (Å²) in [4.78, 5) is 13.6. The summed E-state index contributed by atoms with van der Waals surface area (Å²) in [5.41, 5.74) is 11.6. The normalized spacial score (nSPS) is 16.8. The van der Waals surface area contributed by atoms with Gasteiger partial charge in [0.05, 0.1) is 10.8 Å². The van der Waals surface area contributed by atoms with Gasteiger partial charge in [-0.2, -0.15) is 20.1 Å². The molecule has 68 heavy (non-hydrogen) atoms. The minimum Gasteiger partial charge on any atom is -0.302 e. The summed E-state index contributed by atoms with van der Waals surface area (Å²) >= 11 is 3.98. The van der Waals surface area contributed by atoms with Crippen LogP contribution in [0.5, 0.6) is 0 Å². The van der Waals surface area contributed by atoms with E-state index in [1.165, 1.54) is 72.7 Å². The van der Waals surface area contributed by atoms with E-state index in [1.807, 2.05) is 22.7 Å². The molecule has 10 aromatic rings. The Morgan fingerprint density at radius 1 is 0.294 bits per heavy atom. The van der Waals surface area contributed by atoms with Crippen LogP contribution in [-0.2, 0) is 10.8 Å². The van der Waals surface area contributed by atoms with Crippen molar-refractivity contribution in [3.63, 3.8) is 0 Å². The highest BCUT2D eigenvalue weighted by Crippen LogP contribution is 2.77. The molecule has 0 saturated heterocycles. The summed E-state index contributed by atoms with van der Waals surface area (Å²) in [7, 11) is -2.86. The molecule has 2 spiro atoms. The van der Waals surface area contributed by atoms with E-state index in [0.717, 1.165) is 22.7 Å². The number of hydrogen-bond acceptors (Lipinski definition) is 4. The van der Waals surface area contributed by atoms with Gasteiger partial charge >= 0.3 is 0 Å². The smallest absolute Gasteiger partial charge is 0.101 e. The fourth-order valence-electron chi connectivity index (χ4n) is 11.9. The van der Waals surface area contributed by atoms with Gasteiger partial charge in [-0.1, -0.05) is 146 Å². The molecule has 6 heteroatoms. The summed E-state index contributed by atoms with van der Waals surface area (Å²) < 4.78 is 0. The molecule has 1 aliphatic carbocycles. The number of anilines is 6. The second-order valence-corrected chi connectivity index (χ2v) is 27.9. The number of benzene rings is 8. The molecular formula is C62H50N2S4. The lowest BCUT2D eigenvalue weighted by Crippen LogP contribution is -2.46. The lowest BCUT2D eigenvalue weighted by atomic mass is 9.55. The Labute approximate surface area is 411 Å². The highest BCUT2D eigenvalue weighted by atomic mass is 32.3. The average molecular weight is 951 g/mol. The molecule has 2 aromatic heterocycles. The molecule has 0 N–H and O–H groups in total. The molecule has 332 valence electrons. The highest BCUT2D eigenvalue weighted by Gasteiger charge is 2.62. The summed E-state index contributed by atoms with van der Waals surface area (Å²) in [5, 5.41) is 2.41. The molecule has 4 heterocycles. The van der Waals surface area contributed by atoms with E-state index in [9.17, 15) is 0 Å². The maximum Gasteiger partial charge on any atom is 0.101 e. The first kappa shape index (κ1) is 41.6. The average Bonchev–Trinajstić information content (AvgIpc) is 4.03. The van der Waals surface area contributed by atoms with Crippen LogP contribution in [0, 0.1) is 0 Å². The van der Waals surface area contributed by atoms with Gasteiger partial charge in [0.2, 0.25) is 0 Å². The largest absolute Gasteiger partial charge is 0.302 e. The van der Waals surface area contributed by atoms with Gasteiger partial charge in [0.15, 0.2) is 0 Å². The number of nitrogens with zero attached hydrogens (tertiary/aromatic N) is 2. The Bertz CT molecular complexity index is 3080. The molecule has 0 bridgehead atoms. The predicted octanol–water partition coefficient (Wildman–Crippen LogP) is 17.4. The van der Waals surface area contributed by atoms with Crippen molar-refractivity contribution in [3.05, 3.63) is 274 Å². The van der Waals surface area contributed by atoms with Gasteiger partial charge in [-0.05, 0) is 163 Å². The van der Waals surface area contributed by atoms with Crippen LogP contribution in [0.15, 0.2) is 250 Å². The molecule has 0 amide bonds. The van der Waals surface area contributed by atoms with Crippen molar-refractivity contribution in [1.29, 1.82) is 0 Å². The van der Waals surface area contributed by atoms with Crippen molar-refractivity contribution in [1.82, 2.24) is 0 Å². The Balaban J connectivity index is 1.26. The number of fused-ring (bicyclic) bond motifs is 14. The monoisotopic (exact) mass is 950 g/mol. The van der Waals surface area contributed by atoms with E-state index in [2.05, 4.69) is 265 Å². The third kappa shape index (κ3) is 5.66. The van der Waals surface area contributed by atoms with Crippen molar-refractivity contribution >= 4 is 75.5 Å². The zero-order chi connectivity index (χ0) is 45.8. The molecule has 0 saturated carbocycles. The molecule has 0 atom stereocenters. The number of thiophene rings is 2. The van der Waals surface area contributed by atoms with E-state index in [4.69, 9.17) is 0 Å². The number of para-hydroxylation sites is 4. The fourth-order valence-corrected chi connectivity index (χ4v) is 20.2. The summed E-state index contributed by atoms with van der Waals surface area (Å²) in [6.07, 6.45) is 10.1. The van der Waals surface area contributed by atoms with Gasteiger partial charge in [-0.15, -0.1) is 22.7 Å². The summed E-state index contributed by atoms with van der Waals surface area (Å²) in [6.45, 7) is 0. The predicted molar refractivity (Wildman–Crippen MR) is 294 cm³/mol. The van der Waals surface area contributed by atoms with Crippen molar-refractivity contribution in [2.45, 2.75) is 30.4 Å². The molecule has 2 nitrogen and oxygen atoms in total. The van der Waals surface area contributed by atoms with Crippen LogP contribution in [0.1, 0.15) is 43.1 Å². The highest BCUT2D eigenvalue weighted by molar-refractivity contribution is 8.33. The molecule has 0 radical (unpaired) electrons. The Morgan fingerprint density at radius 3 is 0.794 bits per heavy atom. The molecule has 8 aromatic carbocycles. The van der Waals surface area contributed by atoms with Crippen LogP contribution in [-0.4, -0.2) is 25.0 Å². The van der Waals surface area contributed by atoms with Gasteiger partial charge in [0.1, 0.15) is 10.0 Å².